The molecular weight excluding hydrogens is 371 g/mol. The molecule has 2 aromatic rings. The molecule has 0 saturated carbocycles. The number of amides is 1. The van der Waals surface area contributed by atoms with E-state index in [0.29, 0.717) is 16.8 Å². The van der Waals surface area contributed by atoms with E-state index in [1.807, 2.05) is 0 Å². The Balaban J connectivity index is 1.52. The maximum absolute atomic E-state index is 13.3. The van der Waals surface area contributed by atoms with E-state index in [2.05, 4.69) is 10.5 Å². The maximum Gasteiger partial charge on any atom is 0.264 e. The third-order valence-electron chi connectivity index (χ3n) is 4.04. The van der Waals surface area contributed by atoms with Crippen molar-refractivity contribution in [1.29, 1.82) is 0 Å². The number of sulfone groups is 1. The van der Waals surface area contributed by atoms with Gasteiger partial charge in [-0.05, 0) is 23.3 Å². The molecule has 0 radical (unpaired) electrons. The van der Waals surface area contributed by atoms with Crippen LogP contribution in [-0.4, -0.2) is 32.4 Å². The molecule has 1 aliphatic heterocycles. The first kappa shape index (κ1) is 19.0. The first-order valence-corrected chi connectivity index (χ1v) is 10.4. The Morgan fingerprint density at radius 1 is 1.22 bits per heavy atom. The molecule has 0 aromatic heterocycles. The van der Waals surface area contributed by atoms with Crippen LogP contribution in [0.1, 0.15) is 23.1 Å². The van der Waals surface area contributed by atoms with Gasteiger partial charge < -0.3 is 10.2 Å². The van der Waals surface area contributed by atoms with Crippen LogP contribution in [0.15, 0.2) is 53.7 Å². The van der Waals surface area contributed by atoms with Crippen molar-refractivity contribution in [2.45, 2.75) is 24.8 Å². The predicted octanol–water partition coefficient (Wildman–Crippen LogP) is 2.18. The molecule has 142 valence electrons. The van der Waals surface area contributed by atoms with Crippen LogP contribution < -0.4 is 5.32 Å². The fraction of sp³-hybridized carbons (Fsp3) is 0.263. The van der Waals surface area contributed by atoms with Crippen molar-refractivity contribution in [2.24, 2.45) is 5.16 Å². The summed E-state index contributed by atoms with van der Waals surface area (Å²) in [5, 5.41) is 6.64. The lowest BCUT2D eigenvalue weighted by Gasteiger charge is -2.10. The fourth-order valence-corrected chi connectivity index (χ4v) is 3.51. The molecule has 0 spiro atoms. The fourth-order valence-electron chi connectivity index (χ4n) is 2.72. The van der Waals surface area contributed by atoms with E-state index in [9.17, 15) is 17.6 Å². The van der Waals surface area contributed by atoms with Gasteiger partial charge in [-0.1, -0.05) is 41.6 Å². The molecule has 1 amide bonds. The van der Waals surface area contributed by atoms with Gasteiger partial charge in [-0.25, -0.2) is 12.8 Å². The SMILES string of the molecule is CS(=O)(=O)Cc1ccc(CNC(=O)[C@@H]2CC(c3cccc(F)c3)=NO2)cc1. The van der Waals surface area contributed by atoms with Crippen molar-refractivity contribution < 1.29 is 22.4 Å². The van der Waals surface area contributed by atoms with Gasteiger partial charge in [-0.2, -0.15) is 0 Å². The maximum atomic E-state index is 13.3. The molecule has 27 heavy (non-hydrogen) atoms. The second-order valence-corrected chi connectivity index (χ2v) is 8.59. The van der Waals surface area contributed by atoms with Crippen molar-refractivity contribution in [2.75, 3.05) is 6.26 Å². The highest BCUT2D eigenvalue weighted by atomic mass is 32.2. The van der Waals surface area contributed by atoms with Crippen LogP contribution in [0.5, 0.6) is 0 Å². The zero-order chi connectivity index (χ0) is 19.4. The van der Waals surface area contributed by atoms with Gasteiger partial charge in [-0.15, -0.1) is 0 Å². The molecular formula is C19H19FN2O4S. The minimum atomic E-state index is -3.08. The van der Waals surface area contributed by atoms with Crippen LogP contribution in [0.4, 0.5) is 4.39 Å². The van der Waals surface area contributed by atoms with Gasteiger partial charge in [0.25, 0.3) is 5.91 Å². The molecule has 2 aromatic carbocycles. The van der Waals surface area contributed by atoms with Crippen LogP contribution in [0, 0.1) is 5.82 Å². The van der Waals surface area contributed by atoms with Gasteiger partial charge in [0.1, 0.15) is 5.82 Å². The summed E-state index contributed by atoms with van der Waals surface area (Å²) in [6, 6.07) is 13.0. The second kappa shape index (κ2) is 7.87. The number of nitrogens with zero attached hydrogens (tertiary/aromatic N) is 1. The zero-order valence-electron chi connectivity index (χ0n) is 14.7. The van der Waals surface area contributed by atoms with Crippen LogP contribution in [0.3, 0.4) is 0 Å². The quantitative estimate of drug-likeness (QED) is 0.819. The predicted molar refractivity (Wildman–Crippen MR) is 99.3 cm³/mol. The monoisotopic (exact) mass is 390 g/mol. The van der Waals surface area contributed by atoms with E-state index >= 15 is 0 Å². The number of hydrogen-bond acceptors (Lipinski definition) is 5. The minimum Gasteiger partial charge on any atom is -0.382 e. The van der Waals surface area contributed by atoms with E-state index in [0.717, 1.165) is 5.56 Å². The number of hydrogen-bond donors (Lipinski definition) is 1. The summed E-state index contributed by atoms with van der Waals surface area (Å²) in [6.07, 6.45) is 0.693. The highest BCUT2D eigenvalue weighted by molar-refractivity contribution is 7.89. The standard InChI is InChI=1S/C19H19FN2O4S/c1-27(24,25)12-14-7-5-13(6-8-14)11-21-19(23)18-10-17(22-26-18)15-3-2-4-16(20)9-15/h2-9,18H,10-12H2,1H3,(H,21,23)/t18-/m0/s1. The van der Waals surface area contributed by atoms with Gasteiger partial charge in [0.15, 0.2) is 9.84 Å². The van der Waals surface area contributed by atoms with E-state index in [-0.39, 0.29) is 30.4 Å². The lowest BCUT2D eigenvalue weighted by atomic mass is 10.0. The number of halogens is 1. The lowest BCUT2D eigenvalue weighted by molar-refractivity contribution is -0.131. The molecule has 0 unspecified atom stereocenters. The third-order valence-corrected chi connectivity index (χ3v) is 4.90. The molecule has 0 saturated heterocycles. The van der Waals surface area contributed by atoms with Crippen molar-refractivity contribution >= 4 is 21.5 Å². The average molecular weight is 390 g/mol. The van der Waals surface area contributed by atoms with Crippen LogP contribution >= 0.6 is 0 Å². The number of rotatable bonds is 6. The Hall–Kier alpha value is -2.74. The smallest absolute Gasteiger partial charge is 0.264 e. The number of oxime groups is 1. The summed E-state index contributed by atoms with van der Waals surface area (Å²) < 4.78 is 35.9. The minimum absolute atomic E-state index is 0.0181. The Labute approximate surface area is 157 Å². The Bertz CT molecular complexity index is 971. The Kier molecular flexibility index (Phi) is 5.55. The Morgan fingerprint density at radius 2 is 1.93 bits per heavy atom. The highest BCUT2D eigenvalue weighted by Gasteiger charge is 2.28. The summed E-state index contributed by atoms with van der Waals surface area (Å²) in [7, 11) is -3.08. The summed E-state index contributed by atoms with van der Waals surface area (Å²) >= 11 is 0. The van der Waals surface area contributed by atoms with Crippen molar-refractivity contribution in [3.05, 3.63) is 71.0 Å². The molecule has 0 bridgehead atoms. The third kappa shape index (κ3) is 5.37. The van der Waals surface area contributed by atoms with Gasteiger partial charge in [-0.3, -0.25) is 4.79 Å². The number of carbonyl (C=O) groups excluding carboxylic acids is 1. The topological polar surface area (TPSA) is 84.8 Å². The lowest BCUT2D eigenvalue weighted by Crippen LogP contribution is -2.34. The van der Waals surface area contributed by atoms with Crippen molar-refractivity contribution in [3.8, 4) is 0 Å². The summed E-state index contributed by atoms with van der Waals surface area (Å²) in [4.78, 5) is 17.4. The first-order valence-electron chi connectivity index (χ1n) is 8.32. The van der Waals surface area contributed by atoms with Gasteiger partial charge in [0.2, 0.25) is 6.10 Å². The van der Waals surface area contributed by atoms with Gasteiger partial charge in [0.05, 0.1) is 11.5 Å². The first-order chi connectivity index (χ1) is 12.8. The largest absolute Gasteiger partial charge is 0.382 e. The molecule has 0 fully saturated rings. The summed E-state index contributed by atoms with van der Waals surface area (Å²) in [5.74, 6) is -0.705. The molecule has 1 heterocycles. The summed E-state index contributed by atoms with van der Waals surface area (Å²) in [6.45, 7) is 0.285. The van der Waals surface area contributed by atoms with E-state index < -0.39 is 15.9 Å². The van der Waals surface area contributed by atoms with Gasteiger partial charge >= 0.3 is 0 Å². The van der Waals surface area contributed by atoms with Crippen molar-refractivity contribution in [3.63, 3.8) is 0 Å². The number of nitrogens with one attached hydrogen (secondary N) is 1. The van der Waals surface area contributed by atoms with Crippen LogP contribution in [0.25, 0.3) is 0 Å². The summed E-state index contributed by atoms with van der Waals surface area (Å²) in [5.41, 5.74) is 2.65. The average Bonchev–Trinajstić information content (AvgIpc) is 3.10. The Morgan fingerprint density at radius 3 is 2.59 bits per heavy atom. The molecule has 6 nitrogen and oxygen atoms in total. The molecule has 1 atom stereocenters. The van der Waals surface area contributed by atoms with E-state index in [1.54, 1.807) is 36.4 Å². The van der Waals surface area contributed by atoms with E-state index in [4.69, 9.17) is 4.84 Å². The molecule has 3 rings (SSSR count). The van der Waals surface area contributed by atoms with E-state index in [1.165, 1.54) is 18.4 Å². The molecule has 8 heteroatoms. The normalized spacial score (nSPS) is 16.5. The second-order valence-electron chi connectivity index (χ2n) is 6.45. The molecule has 0 aliphatic carbocycles. The highest BCUT2D eigenvalue weighted by Crippen LogP contribution is 2.18. The number of benzene rings is 2. The number of carbonyl (C=O) groups is 1. The molecule has 1 N–H and O–H groups in total. The van der Waals surface area contributed by atoms with Crippen molar-refractivity contribution in [1.82, 2.24) is 5.32 Å². The zero-order valence-corrected chi connectivity index (χ0v) is 15.5. The van der Waals surface area contributed by atoms with Gasteiger partial charge in [0, 0.05) is 24.8 Å². The van der Waals surface area contributed by atoms with Crippen LogP contribution in [-0.2, 0) is 31.8 Å². The van der Waals surface area contributed by atoms with Crippen LogP contribution in [0.2, 0.25) is 0 Å². The molecule has 1 aliphatic rings.